The first-order chi connectivity index (χ1) is 10.2. The minimum Gasteiger partial charge on any atom is -0.437 e. The Morgan fingerprint density at radius 3 is 2.90 bits per heavy atom. The van der Waals surface area contributed by atoms with Crippen LogP contribution in [0.25, 0.3) is 5.65 Å². The van der Waals surface area contributed by atoms with Gasteiger partial charge in [0.1, 0.15) is 17.1 Å². The first kappa shape index (κ1) is 13.1. The van der Waals surface area contributed by atoms with E-state index in [1.54, 1.807) is 12.1 Å². The predicted octanol–water partition coefficient (Wildman–Crippen LogP) is 2.49. The molecular weight excluding hydrogens is 272 g/mol. The number of benzene rings is 1. The number of nitrogens with zero attached hydrogens (tertiary/aromatic N) is 3. The predicted molar refractivity (Wildman–Crippen MR) is 76.3 cm³/mol. The minimum absolute atomic E-state index is 0.0365. The average molecular weight is 284 g/mol. The van der Waals surface area contributed by atoms with Crippen molar-refractivity contribution in [3.05, 3.63) is 64.5 Å². The van der Waals surface area contributed by atoms with E-state index >= 15 is 0 Å². The maximum absolute atomic E-state index is 10.8. The van der Waals surface area contributed by atoms with Gasteiger partial charge in [0.2, 0.25) is 5.88 Å². The van der Waals surface area contributed by atoms with Crippen molar-refractivity contribution in [1.82, 2.24) is 9.38 Å². The third kappa shape index (κ3) is 2.41. The average Bonchev–Trinajstić information content (AvgIpc) is 2.84. The highest BCUT2D eigenvalue weighted by Crippen LogP contribution is 2.27. The Morgan fingerprint density at radius 2 is 2.14 bits per heavy atom. The second kappa shape index (κ2) is 5.22. The van der Waals surface area contributed by atoms with Crippen LogP contribution in [0.1, 0.15) is 5.69 Å². The second-order valence-electron chi connectivity index (χ2n) is 4.35. The van der Waals surface area contributed by atoms with Crippen LogP contribution in [0.3, 0.4) is 0 Å². The summed E-state index contributed by atoms with van der Waals surface area (Å²) >= 11 is 0. The van der Waals surface area contributed by atoms with Gasteiger partial charge in [-0.2, -0.15) is 4.98 Å². The van der Waals surface area contributed by atoms with Gasteiger partial charge in [0.25, 0.3) is 5.69 Å². The van der Waals surface area contributed by atoms with E-state index in [4.69, 9.17) is 10.5 Å². The van der Waals surface area contributed by atoms with E-state index in [-0.39, 0.29) is 12.2 Å². The van der Waals surface area contributed by atoms with Crippen molar-refractivity contribution >= 4 is 11.3 Å². The molecule has 0 aliphatic carbocycles. The van der Waals surface area contributed by atoms with E-state index in [2.05, 4.69) is 4.98 Å². The highest BCUT2D eigenvalue weighted by atomic mass is 16.6. The van der Waals surface area contributed by atoms with Gasteiger partial charge in [0.15, 0.2) is 0 Å². The van der Waals surface area contributed by atoms with Crippen LogP contribution in [-0.4, -0.2) is 14.3 Å². The molecule has 0 aliphatic heterocycles. The summed E-state index contributed by atoms with van der Waals surface area (Å²) < 4.78 is 7.49. The third-order valence-electron chi connectivity index (χ3n) is 3.03. The Hall–Kier alpha value is -2.93. The molecule has 2 N–H and O–H groups in total. The Balaban J connectivity index is 2.01. The van der Waals surface area contributed by atoms with Gasteiger partial charge >= 0.3 is 0 Å². The zero-order valence-electron chi connectivity index (χ0n) is 11.0. The lowest BCUT2D eigenvalue weighted by atomic mass is 10.3. The molecule has 3 aromatic rings. The number of hydrogen-bond donors (Lipinski definition) is 1. The summed E-state index contributed by atoms with van der Waals surface area (Å²) in [5, 5.41) is 10.8. The molecule has 0 spiro atoms. The van der Waals surface area contributed by atoms with Gasteiger partial charge in [-0.25, -0.2) is 0 Å². The molecule has 7 nitrogen and oxygen atoms in total. The molecule has 0 saturated carbocycles. The molecule has 0 bridgehead atoms. The molecule has 0 fully saturated rings. The molecule has 0 amide bonds. The maximum Gasteiger partial charge on any atom is 0.273 e. The number of nitro benzene ring substituents is 1. The van der Waals surface area contributed by atoms with Crippen molar-refractivity contribution in [3.8, 4) is 11.6 Å². The maximum atomic E-state index is 10.8. The summed E-state index contributed by atoms with van der Waals surface area (Å²) in [5.74, 6) is 0.700. The molecule has 2 heterocycles. The van der Waals surface area contributed by atoms with Crippen LogP contribution in [0.2, 0.25) is 0 Å². The van der Waals surface area contributed by atoms with Crippen LogP contribution in [0.15, 0.2) is 48.7 Å². The molecule has 0 saturated heterocycles. The van der Waals surface area contributed by atoms with Gasteiger partial charge in [0, 0.05) is 18.8 Å². The molecule has 1 aromatic carbocycles. The molecule has 0 aliphatic rings. The zero-order valence-corrected chi connectivity index (χ0v) is 11.0. The van der Waals surface area contributed by atoms with Gasteiger partial charge in [-0.3, -0.25) is 14.5 Å². The molecule has 21 heavy (non-hydrogen) atoms. The number of aromatic nitrogens is 2. The summed E-state index contributed by atoms with van der Waals surface area (Å²) in [6.07, 6.45) is 1.84. The molecule has 0 radical (unpaired) electrons. The Bertz CT molecular complexity index is 813. The standard InChI is InChI=1S/C14H12N4O3/c15-9-12-14(16-13-6-1-2-7-17(12)13)21-11-5-3-4-10(8-11)18(19)20/h1-8H,9,15H2. The first-order valence-corrected chi connectivity index (χ1v) is 6.27. The van der Waals surface area contributed by atoms with Crippen molar-refractivity contribution in [2.45, 2.75) is 6.54 Å². The highest BCUT2D eigenvalue weighted by molar-refractivity contribution is 5.47. The van der Waals surface area contributed by atoms with Gasteiger partial charge in [-0.05, 0) is 18.2 Å². The van der Waals surface area contributed by atoms with Crippen molar-refractivity contribution in [1.29, 1.82) is 0 Å². The van der Waals surface area contributed by atoms with E-state index in [0.717, 1.165) is 0 Å². The number of ether oxygens (including phenoxy) is 1. The van der Waals surface area contributed by atoms with Crippen LogP contribution in [-0.2, 0) is 6.54 Å². The smallest absolute Gasteiger partial charge is 0.273 e. The molecular formula is C14H12N4O3. The fourth-order valence-corrected chi connectivity index (χ4v) is 2.06. The zero-order chi connectivity index (χ0) is 14.8. The summed E-state index contributed by atoms with van der Waals surface area (Å²) in [7, 11) is 0. The fourth-order valence-electron chi connectivity index (χ4n) is 2.06. The van der Waals surface area contributed by atoms with Gasteiger partial charge in [-0.15, -0.1) is 0 Å². The Morgan fingerprint density at radius 1 is 1.29 bits per heavy atom. The monoisotopic (exact) mass is 284 g/mol. The van der Waals surface area contributed by atoms with E-state index in [9.17, 15) is 10.1 Å². The van der Waals surface area contributed by atoms with Crippen LogP contribution >= 0.6 is 0 Å². The van der Waals surface area contributed by atoms with Crippen LogP contribution in [0, 0.1) is 10.1 Å². The fraction of sp³-hybridized carbons (Fsp3) is 0.0714. The molecule has 0 unspecified atom stereocenters. The number of hydrogen-bond acceptors (Lipinski definition) is 5. The molecule has 3 rings (SSSR count). The van der Waals surface area contributed by atoms with E-state index < -0.39 is 4.92 Å². The largest absolute Gasteiger partial charge is 0.437 e. The van der Waals surface area contributed by atoms with E-state index in [1.807, 2.05) is 28.8 Å². The van der Waals surface area contributed by atoms with E-state index in [0.29, 0.717) is 23.0 Å². The Kier molecular flexibility index (Phi) is 3.25. The number of nitrogens with two attached hydrogens (primary N) is 1. The van der Waals surface area contributed by atoms with Crippen LogP contribution in [0.4, 0.5) is 5.69 Å². The van der Waals surface area contributed by atoms with Gasteiger partial charge in [-0.1, -0.05) is 12.1 Å². The van der Waals surface area contributed by atoms with Gasteiger partial charge < -0.3 is 10.5 Å². The molecule has 0 atom stereocenters. The molecule has 106 valence electrons. The summed E-state index contributed by atoms with van der Waals surface area (Å²) in [6, 6.07) is 11.5. The molecule has 2 aromatic heterocycles. The van der Waals surface area contributed by atoms with Crippen LogP contribution < -0.4 is 10.5 Å². The van der Waals surface area contributed by atoms with Crippen molar-refractivity contribution in [3.63, 3.8) is 0 Å². The number of imidazole rings is 1. The van der Waals surface area contributed by atoms with Crippen molar-refractivity contribution in [2.75, 3.05) is 0 Å². The molecule has 7 heteroatoms. The topological polar surface area (TPSA) is 95.7 Å². The number of rotatable bonds is 4. The quantitative estimate of drug-likeness (QED) is 0.586. The Labute approximate surface area is 119 Å². The number of non-ortho nitro benzene ring substituents is 1. The van der Waals surface area contributed by atoms with Crippen LogP contribution in [0.5, 0.6) is 11.6 Å². The number of pyridine rings is 1. The lowest BCUT2D eigenvalue weighted by molar-refractivity contribution is -0.384. The lowest BCUT2D eigenvalue weighted by Crippen LogP contribution is -2.02. The second-order valence-corrected chi connectivity index (χ2v) is 4.35. The lowest BCUT2D eigenvalue weighted by Gasteiger charge is -2.04. The van der Waals surface area contributed by atoms with Crippen molar-refractivity contribution < 1.29 is 9.66 Å². The third-order valence-corrected chi connectivity index (χ3v) is 3.03. The minimum atomic E-state index is -0.472. The number of fused-ring (bicyclic) bond motifs is 1. The number of nitro groups is 1. The summed E-state index contributed by atoms with van der Waals surface area (Å²) in [6.45, 7) is 0.245. The van der Waals surface area contributed by atoms with Gasteiger partial charge in [0.05, 0.1) is 11.0 Å². The normalized spacial score (nSPS) is 10.7. The van der Waals surface area contributed by atoms with Crippen molar-refractivity contribution in [2.24, 2.45) is 5.73 Å². The summed E-state index contributed by atoms with van der Waals surface area (Å²) in [5.41, 5.74) is 7.12. The SMILES string of the molecule is NCc1c(Oc2cccc([N+](=O)[O-])c2)nc2ccccn12. The highest BCUT2D eigenvalue weighted by Gasteiger charge is 2.14. The first-order valence-electron chi connectivity index (χ1n) is 6.27. The van der Waals surface area contributed by atoms with E-state index in [1.165, 1.54) is 12.1 Å². The summed E-state index contributed by atoms with van der Waals surface area (Å²) in [4.78, 5) is 14.7.